The molecule has 0 saturated carbocycles. The lowest BCUT2D eigenvalue weighted by atomic mass is 10.00. The molecule has 2 unspecified atom stereocenters. The van der Waals surface area contributed by atoms with E-state index in [0.717, 1.165) is 0 Å². The lowest BCUT2D eigenvalue weighted by Gasteiger charge is -2.52. The number of rotatable bonds is 1. The topological polar surface area (TPSA) is 92.9 Å². The molecule has 0 aromatic carbocycles. The molecule has 4 atom stereocenters. The minimum absolute atomic E-state index is 0.224. The van der Waals surface area contributed by atoms with Crippen molar-refractivity contribution in [3.63, 3.8) is 0 Å². The molecule has 2 saturated heterocycles. The van der Waals surface area contributed by atoms with Crippen LogP contribution in [0.4, 0.5) is 0 Å². The fourth-order valence-corrected chi connectivity index (χ4v) is 3.39. The molecular weight excluding hydrogens is 256 g/mol. The molecule has 2 rings (SSSR count). The summed E-state index contributed by atoms with van der Waals surface area (Å²) in [7, 11) is 0. The van der Waals surface area contributed by atoms with Crippen molar-refractivity contribution in [3.8, 4) is 0 Å². The highest BCUT2D eigenvalue weighted by Crippen LogP contribution is 2.37. The monoisotopic (exact) mass is 274 g/mol. The van der Waals surface area contributed by atoms with Crippen LogP contribution in [-0.2, 0) is 14.3 Å². The number of hydrogen-bond acceptors (Lipinski definition) is 6. The number of esters is 1. The Balaban J connectivity index is 2.14. The summed E-state index contributed by atoms with van der Waals surface area (Å²) in [5.41, 5.74) is 5.02. The minimum Gasteiger partial charge on any atom is -0.458 e. The Labute approximate surface area is 110 Å². The maximum absolute atomic E-state index is 12.0. The van der Waals surface area contributed by atoms with Crippen LogP contribution in [0, 0.1) is 0 Å². The van der Waals surface area contributed by atoms with Gasteiger partial charge in [0, 0.05) is 5.75 Å². The molecule has 2 heterocycles. The Morgan fingerprint density at radius 1 is 1.56 bits per heavy atom. The summed E-state index contributed by atoms with van der Waals surface area (Å²) < 4.78 is 5.24. The average molecular weight is 274 g/mol. The van der Waals surface area contributed by atoms with E-state index >= 15 is 0 Å². The van der Waals surface area contributed by atoms with Crippen LogP contribution in [-0.4, -0.2) is 56.8 Å². The Hall–Kier alpha value is -0.790. The van der Waals surface area contributed by atoms with Crippen molar-refractivity contribution in [1.82, 2.24) is 4.90 Å². The summed E-state index contributed by atoms with van der Waals surface area (Å²) in [4.78, 5) is 25.1. The third-order valence-corrected chi connectivity index (χ3v) is 4.27. The first-order valence-electron chi connectivity index (χ1n) is 5.82. The van der Waals surface area contributed by atoms with Gasteiger partial charge < -0.3 is 20.5 Å². The summed E-state index contributed by atoms with van der Waals surface area (Å²) in [5.74, 6) is -0.492. The predicted molar refractivity (Wildman–Crippen MR) is 66.7 cm³/mol. The first-order chi connectivity index (χ1) is 8.22. The lowest BCUT2D eigenvalue weighted by molar-refractivity contribution is -0.176. The van der Waals surface area contributed by atoms with E-state index in [4.69, 9.17) is 10.5 Å². The van der Waals surface area contributed by atoms with Gasteiger partial charge in [-0.25, -0.2) is 4.79 Å². The molecule has 2 aliphatic rings. The van der Waals surface area contributed by atoms with Gasteiger partial charge in [-0.05, 0) is 20.8 Å². The van der Waals surface area contributed by atoms with E-state index in [1.807, 2.05) is 0 Å². The van der Waals surface area contributed by atoms with Gasteiger partial charge in [-0.2, -0.15) is 0 Å². The van der Waals surface area contributed by atoms with Crippen LogP contribution < -0.4 is 5.73 Å². The number of nitrogens with zero attached hydrogens (tertiary/aromatic N) is 1. The lowest BCUT2D eigenvalue weighted by Crippen LogP contribution is -2.75. The second-order valence-electron chi connectivity index (χ2n) is 5.54. The van der Waals surface area contributed by atoms with Gasteiger partial charge in [0.1, 0.15) is 17.0 Å². The van der Waals surface area contributed by atoms with Gasteiger partial charge >= 0.3 is 5.97 Å². The molecule has 0 aliphatic carbocycles. The smallest absolute Gasteiger partial charge is 0.332 e. The van der Waals surface area contributed by atoms with Gasteiger partial charge in [0.05, 0.1) is 6.10 Å². The Bertz CT molecular complexity index is 382. The molecule has 7 heteroatoms. The number of fused-ring (bicyclic) bond motifs is 1. The van der Waals surface area contributed by atoms with Crippen LogP contribution in [0.3, 0.4) is 0 Å². The number of aliphatic hydroxyl groups excluding tert-OH is 1. The Kier molecular flexibility index (Phi) is 3.33. The van der Waals surface area contributed by atoms with Crippen molar-refractivity contribution in [1.29, 1.82) is 0 Å². The molecule has 18 heavy (non-hydrogen) atoms. The minimum atomic E-state index is -0.928. The molecule has 2 aliphatic heterocycles. The number of hydrogen-bond donors (Lipinski definition) is 2. The van der Waals surface area contributed by atoms with Gasteiger partial charge in [0.15, 0.2) is 6.04 Å². The summed E-state index contributed by atoms with van der Waals surface area (Å²) in [6.45, 7) is 5.24. The molecule has 1 amide bonds. The zero-order valence-corrected chi connectivity index (χ0v) is 11.4. The molecule has 3 N–H and O–H groups in total. The highest BCUT2D eigenvalue weighted by molar-refractivity contribution is 8.00. The largest absolute Gasteiger partial charge is 0.458 e. The van der Waals surface area contributed by atoms with Gasteiger partial charge in [-0.1, -0.05) is 0 Å². The number of carbonyl (C=O) groups excluding carboxylic acids is 2. The van der Waals surface area contributed by atoms with Crippen LogP contribution in [0.1, 0.15) is 20.8 Å². The number of amides is 1. The fraction of sp³-hybridized carbons (Fsp3) is 0.818. The van der Waals surface area contributed by atoms with Crippen molar-refractivity contribution in [2.24, 2.45) is 5.73 Å². The number of carbonyl (C=O) groups is 2. The second kappa shape index (κ2) is 4.40. The van der Waals surface area contributed by atoms with Crippen molar-refractivity contribution in [2.45, 2.75) is 49.9 Å². The Morgan fingerprint density at radius 2 is 2.17 bits per heavy atom. The molecule has 0 aromatic rings. The van der Waals surface area contributed by atoms with Gasteiger partial charge in [-0.3, -0.25) is 4.79 Å². The maximum atomic E-state index is 12.0. The normalized spacial score (nSPS) is 35.8. The highest BCUT2D eigenvalue weighted by atomic mass is 32.2. The van der Waals surface area contributed by atoms with E-state index in [1.54, 1.807) is 20.8 Å². The van der Waals surface area contributed by atoms with Crippen molar-refractivity contribution in [3.05, 3.63) is 0 Å². The van der Waals surface area contributed by atoms with E-state index < -0.39 is 29.8 Å². The zero-order chi connectivity index (χ0) is 13.7. The van der Waals surface area contributed by atoms with E-state index in [0.29, 0.717) is 5.75 Å². The molecule has 0 aromatic heterocycles. The van der Waals surface area contributed by atoms with Crippen LogP contribution in [0.25, 0.3) is 0 Å². The van der Waals surface area contributed by atoms with E-state index in [1.165, 1.54) is 16.7 Å². The number of β-lactam (4-membered cyclic amide) rings is 1. The molecular formula is C11H18N2O4S. The SMILES string of the molecule is CC(C)(C)OC(=O)C1C(O)CS[C@@H]2[C@H](N)C(=O)N12. The van der Waals surface area contributed by atoms with Crippen molar-refractivity contribution < 1.29 is 19.4 Å². The summed E-state index contributed by atoms with van der Waals surface area (Å²) in [6.07, 6.45) is -0.905. The summed E-state index contributed by atoms with van der Waals surface area (Å²) in [5, 5.41) is 9.68. The molecule has 0 radical (unpaired) electrons. The van der Waals surface area contributed by atoms with Gasteiger partial charge in [0.2, 0.25) is 5.91 Å². The molecule has 2 fully saturated rings. The van der Waals surface area contributed by atoms with E-state index in [2.05, 4.69) is 0 Å². The molecule has 6 nitrogen and oxygen atoms in total. The fourth-order valence-electron chi connectivity index (χ4n) is 2.10. The van der Waals surface area contributed by atoms with Crippen LogP contribution in [0.15, 0.2) is 0 Å². The van der Waals surface area contributed by atoms with Gasteiger partial charge in [0.25, 0.3) is 0 Å². The third-order valence-electron chi connectivity index (χ3n) is 2.87. The quantitative estimate of drug-likeness (QED) is 0.485. The van der Waals surface area contributed by atoms with Crippen molar-refractivity contribution in [2.75, 3.05) is 5.75 Å². The Morgan fingerprint density at radius 3 is 2.72 bits per heavy atom. The standard InChI is InChI=1S/C11H18N2O4S/c1-11(2,3)17-10(16)7-5(14)4-18-9-6(12)8(15)13(7)9/h5-7,9,14H,4,12H2,1-3H3/t5?,6-,7?,9-/m1/s1. The second-order valence-corrected chi connectivity index (χ2v) is 6.69. The maximum Gasteiger partial charge on any atom is 0.332 e. The van der Waals surface area contributed by atoms with Crippen LogP contribution in [0.2, 0.25) is 0 Å². The summed E-state index contributed by atoms with van der Waals surface area (Å²) in [6, 6.07) is -1.50. The molecule has 0 spiro atoms. The number of ether oxygens (including phenoxy) is 1. The molecule has 102 valence electrons. The predicted octanol–water partition coefficient (Wildman–Crippen LogP) is -0.700. The number of thioether (sulfide) groups is 1. The number of aliphatic hydroxyl groups is 1. The number of nitrogens with two attached hydrogens (primary N) is 1. The first-order valence-corrected chi connectivity index (χ1v) is 6.87. The average Bonchev–Trinajstić information content (AvgIpc) is 2.25. The third kappa shape index (κ3) is 2.22. The molecule has 0 bridgehead atoms. The van der Waals surface area contributed by atoms with Crippen LogP contribution in [0.5, 0.6) is 0 Å². The summed E-state index contributed by atoms with van der Waals surface area (Å²) >= 11 is 1.39. The van der Waals surface area contributed by atoms with Crippen molar-refractivity contribution >= 4 is 23.6 Å². The van der Waals surface area contributed by atoms with E-state index in [9.17, 15) is 14.7 Å². The first kappa shape index (κ1) is 13.6. The van der Waals surface area contributed by atoms with Gasteiger partial charge in [-0.15, -0.1) is 11.8 Å². The van der Waals surface area contributed by atoms with E-state index in [-0.39, 0.29) is 11.3 Å². The van der Waals surface area contributed by atoms with Crippen LogP contribution >= 0.6 is 11.8 Å². The zero-order valence-electron chi connectivity index (χ0n) is 10.6. The highest BCUT2D eigenvalue weighted by Gasteiger charge is 2.56.